The molecule has 34 heavy (non-hydrogen) atoms. The lowest BCUT2D eigenvalue weighted by molar-refractivity contribution is -0.133. The molecule has 1 aliphatic carbocycles. The van der Waals surface area contributed by atoms with Crippen molar-refractivity contribution >= 4 is 17.8 Å². The van der Waals surface area contributed by atoms with Crippen LogP contribution in [-0.4, -0.2) is 59.0 Å². The molecule has 0 radical (unpaired) electrons. The summed E-state index contributed by atoms with van der Waals surface area (Å²) in [4.78, 5) is 42.0. The van der Waals surface area contributed by atoms with E-state index in [1.807, 2.05) is 42.5 Å². The van der Waals surface area contributed by atoms with Crippen LogP contribution in [0.3, 0.4) is 0 Å². The lowest BCUT2D eigenvalue weighted by Crippen LogP contribution is -2.52. The summed E-state index contributed by atoms with van der Waals surface area (Å²) in [5.74, 6) is -0.0285. The Morgan fingerprint density at radius 1 is 1.00 bits per heavy atom. The molecule has 2 N–H and O–H groups in total. The van der Waals surface area contributed by atoms with E-state index in [1.54, 1.807) is 0 Å². The Hall–Kier alpha value is -3.19. The van der Waals surface area contributed by atoms with Crippen LogP contribution in [0.5, 0.6) is 0 Å². The number of urea groups is 1. The van der Waals surface area contributed by atoms with Crippen LogP contribution < -0.4 is 10.6 Å². The molecule has 0 bridgehead atoms. The first-order chi connectivity index (χ1) is 16.5. The molecule has 2 heterocycles. The molecular formula is C27H32N4O3. The molecule has 0 aromatic heterocycles. The molecule has 2 aliphatic heterocycles. The number of carbonyl (C=O) groups excluding carboxylic acids is 3. The molecular weight excluding hydrogens is 428 g/mol. The number of piperidine rings is 1. The number of nitrogens with zero attached hydrogens (tertiary/aromatic N) is 2. The highest BCUT2D eigenvalue weighted by molar-refractivity contribution is 6.07. The molecule has 2 aromatic carbocycles. The quantitative estimate of drug-likeness (QED) is 0.650. The van der Waals surface area contributed by atoms with E-state index in [2.05, 4.69) is 27.7 Å². The third kappa shape index (κ3) is 4.71. The highest BCUT2D eigenvalue weighted by Crippen LogP contribution is 2.33. The van der Waals surface area contributed by atoms with E-state index in [1.165, 1.54) is 16.0 Å². The number of likely N-dealkylation sites (tertiary alicyclic amines) is 1. The van der Waals surface area contributed by atoms with Gasteiger partial charge in [0, 0.05) is 32.0 Å². The summed E-state index contributed by atoms with van der Waals surface area (Å²) < 4.78 is 0. The maximum Gasteiger partial charge on any atom is 0.326 e. The molecule has 2 aromatic rings. The van der Waals surface area contributed by atoms with E-state index in [0.717, 1.165) is 44.3 Å². The maximum atomic E-state index is 13.3. The molecule has 1 unspecified atom stereocenters. The molecule has 2 fully saturated rings. The first-order valence-electron chi connectivity index (χ1n) is 12.3. The van der Waals surface area contributed by atoms with Crippen molar-refractivity contribution in [2.75, 3.05) is 19.8 Å². The summed E-state index contributed by atoms with van der Waals surface area (Å²) in [7, 11) is 0. The second-order valence-electron chi connectivity index (χ2n) is 9.78. The van der Waals surface area contributed by atoms with Gasteiger partial charge in [-0.25, -0.2) is 9.69 Å². The van der Waals surface area contributed by atoms with Crippen LogP contribution in [0.15, 0.2) is 54.6 Å². The van der Waals surface area contributed by atoms with Crippen LogP contribution in [0.4, 0.5) is 4.79 Å². The van der Waals surface area contributed by atoms with Crippen LogP contribution in [0.1, 0.15) is 42.4 Å². The fourth-order valence-corrected chi connectivity index (χ4v) is 5.45. The van der Waals surface area contributed by atoms with Crippen LogP contribution in [0, 0.1) is 0 Å². The molecule has 178 valence electrons. The van der Waals surface area contributed by atoms with Crippen molar-refractivity contribution in [3.8, 4) is 0 Å². The largest absolute Gasteiger partial charge is 0.353 e. The first-order valence-corrected chi connectivity index (χ1v) is 12.3. The molecule has 5 rings (SSSR count). The number of carbonyl (C=O) groups is 3. The van der Waals surface area contributed by atoms with Gasteiger partial charge in [0.1, 0.15) is 5.54 Å². The molecule has 3 aliphatic rings. The second-order valence-corrected chi connectivity index (χ2v) is 9.78. The summed E-state index contributed by atoms with van der Waals surface area (Å²) >= 11 is 0. The van der Waals surface area contributed by atoms with E-state index in [0.29, 0.717) is 25.9 Å². The highest BCUT2D eigenvalue weighted by atomic mass is 16.2. The van der Waals surface area contributed by atoms with Gasteiger partial charge in [-0.2, -0.15) is 0 Å². The van der Waals surface area contributed by atoms with Gasteiger partial charge in [-0.05, 0) is 48.8 Å². The van der Waals surface area contributed by atoms with Gasteiger partial charge < -0.3 is 10.6 Å². The van der Waals surface area contributed by atoms with E-state index < -0.39 is 5.54 Å². The second kappa shape index (κ2) is 9.58. The Balaban J connectivity index is 1.10. The van der Waals surface area contributed by atoms with Gasteiger partial charge in [-0.15, -0.1) is 0 Å². The summed E-state index contributed by atoms with van der Waals surface area (Å²) in [5, 5.41) is 6.17. The molecule has 7 nitrogen and oxygen atoms in total. The number of hydrogen-bond donors (Lipinski definition) is 2. The standard InChI is InChI=1S/C27H32N4O3/c32-24(11-10-20-6-2-1-3-7-20)28-23-13-16-30(17-14-23)19-31-25(33)27(29-26(31)34)15-12-21-8-4-5-9-22(21)18-27/h1-9,23H,10-19H2,(H,28,32)(H,29,34). The third-order valence-corrected chi connectivity index (χ3v) is 7.46. The SMILES string of the molecule is O=C(CCc1ccccc1)NC1CCN(CN2C(=O)NC3(CCc4ccccc4C3)C2=O)CC1. The van der Waals surface area contributed by atoms with Gasteiger partial charge in [0.25, 0.3) is 5.91 Å². The number of amides is 4. The summed E-state index contributed by atoms with van der Waals surface area (Å²) in [6.45, 7) is 1.80. The third-order valence-electron chi connectivity index (χ3n) is 7.46. The Bertz CT molecular complexity index is 1060. The number of rotatable bonds is 6. The van der Waals surface area contributed by atoms with Gasteiger partial charge in [0.15, 0.2) is 0 Å². The minimum absolute atomic E-state index is 0.0796. The van der Waals surface area contributed by atoms with Gasteiger partial charge in [-0.1, -0.05) is 54.6 Å². The lowest BCUT2D eigenvalue weighted by Gasteiger charge is -2.35. The van der Waals surface area contributed by atoms with E-state index in [9.17, 15) is 14.4 Å². The first kappa shape index (κ1) is 22.6. The van der Waals surface area contributed by atoms with E-state index in [4.69, 9.17) is 0 Å². The fraction of sp³-hybridized carbons (Fsp3) is 0.444. The number of fused-ring (bicyclic) bond motifs is 1. The predicted molar refractivity (Wildman–Crippen MR) is 129 cm³/mol. The molecule has 4 amide bonds. The van der Waals surface area contributed by atoms with Crippen molar-refractivity contribution in [3.05, 3.63) is 71.3 Å². The zero-order chi connectivity index (χ0) is 23.5. The van der Waals surface area contributed by atoms with Gasteiger partial charge >= 0.3 is 6.03 Å². The Labute approximate surface area is 200 Å². The summed E-state index contributed by atoms with van der Waals surface area (Å²) in [6, 6.07) is 18.1. The van der Waals surface area contributed by atoms with Crippen LogP contribution in [0.25, 0.3) is 0 Å². The van der Waals surface area contributed by atoms with Gasteiger partial charge in [0.05, 0.1) is 6.67 Å². The minimum Gasteiger partial charge on any atom is -0.353 e. The number of nitrogens with one attached hydrogen (secondary N) is 2. The van der Waals surface area contributed by atoms with Crippen molar-refractivity contribution in [1.82, 2.24) is 20.4 Å². The van der Waals surface area contributed by atoms with Gasteiger partial charge in [0.2, 0.25) is 5.91 Å². The number of aryl methyl sites for hydroxylation is 2. The van der Waals surface area contributed by atoms with Crippen LogP contribution in [-0.2, 0) is 28.9 Å². The average molecular weight is 461 g/mol. The van der Waals surface area contributed by atoms with Crippen LogP contribution in [0.2, 0.25) is 0 Å². The minimum atomic E-state index is -0.809. The molecule has 1 spiro atoms. The molecule has 2 saturated heterocycles. The van der Waals surface area contributed by atoms with Crippen molar-refractivity contribution in [1.29, 1.82) is 0 Å². The summed E-state index contributed by atoms with van der Waals surface area (Å²) in [6.07, 6.45) is 4.86. The highest BCUT2D eigenvalue weighted by Gasteiger charge is 2.52. The normalized spacial score (nSPS) is 23.1. The average Bonchev–Trinajstić information content (AvgIpc) is 3.08. The monoisotopic (exact) mass is 460 g/mol. The number of hydrogen-bond acceptors (Lipinski definition) is 4. The maximum absolute atomic E-state index is 13.3. The van der Waals surface area contributed by atoms with Crippen LogP contribution >= 0.6 is 0 Å². The Morgan fingerprint density at radius 2 is 1.71 bits per heavy atom. The fourth-order valence-electron chi connectivity index (χ4n) is 5.45. The number of imide groups is 1. The van der Waals surface area contributed by atoms with E-state index >= 15 is 0 Å². The lowest BCUT2D eigenvalue weighted by atomic mass is 9.78. The molecule has 7 heteroatoms. The molecule has 1 atom stereocenters. The smallest absolute Gasteiger partial charge is 0.326 e. The van der Waals surface area contributed by atoms with Gasteiger partial charge in [-0.3, -0.25) is 14.5 Å². The Morgan fingerprint density at radius 3 is 2.47 bits per heavy atom. The Kier molecular flexibility index (Phi) is 6.37. The topological polar surface area (TPSA) is 81.8 Å². The predicted octanol–water partition coefficient (Wildman–Crippen LogP) is 2.64. The van der Waals surface area contributed by atoms with Crippen molar-refractivity contribution in [3.63, 3.8) is 0 Å². The van der Waals surface area contributed by atoms with Crippen molar-refractivity contribution < 1.29 is 14.4 Å². The number of benzene rings is 2. The zero-order valence-corrected chi connectivity index (χ0v) is 19.5. The summed E-state index contributed by atoms with van der Waals surface area (Å²) in [5.41, 5.74) is 2.77. The zero-order valence-electron chi connectivity index (χ0n) is 19.5. The van der Waals surface area contributed by atoms with Crippen molar-refractivity contribution in [2.24, 2.45) is 0 Å². The van der Waals surface area contributed by atoms with E-state index in [-0.39, 0.29) is 23.9 Å². The van der Waals surface area contributed by atoms with Crippen molar-refractivity contribution in [2.45, 2.75) is 56.5 Å². The molecule has 0 saturated carbocycles.